The van der Waals surface area contributed by atoms with Crippen molar-refractivity contribution in [2.75, 3.05) is 6.61 Å². The maximum atomic E-state index is 5.68. The van der Waals surface area contributed by atoms with E-state index in [9.17, 15) is 0 Å². The molecule has 0 amide bonds. The van der Waals surface area contributed by atoms with Crippen molar-refractivity contribution in [3.05, 3.63) is 53.7 Å². The van der Waals surface area contributed by atoms with Crippen molar-refractivity contribution in [1.29, 1.82) is 0 Å². The Bertz CT molecular complexity index is 630. The maximum Gasteiger partial charge on any atom is 0.122 e. The zero-order chi connectivity index (χ0) is 12.9. The van der Waals surface area contributed by atoms with Crippen molar-refractivity contribution in [3.63, 3.8) is 0 Å². The summed E-state index contributed by atoms with van der Waals surface area (Å²) in [4.78, 5) is 5.61. The lowest BCUT2D eigenvalue weighted by molar-refractivity contribution is 0.116. The van der Waals surface area contributed by atoms with E-state index in [4.69, 9.17) is 4.74 Å². The van der Waals surface area contributed by atoms with E-state index in [1.807, 2.05) is 24.5 Å². The molecular weight excluding hydrogens is 256 g/mol. The van der Waals surface area contributed by atoms with Gasteiger partial charge in [-0.3, -0.25) is 0 Å². The zero-order valence-electron chi connectivity index (χ0n) is 10.7. The molecule has 4 heteroatoms. The van der Waals surface area contributed by atoms with Gasteiger partial charge in [0.05, 0.1) is 18.5 Å². The summed E-state index contributed by atoms with van der Waals surface area (Å²) in [7, 11) is 0. The highest BCUT2D eigenvalue weighted by molar-refractivity contribution is 7.16. The molecular formula is C15H16N2OS. The average molecular weight is 272 g/mol. The van der Waals surface area contributed by atoms with Crippen LogP contribution in [0.1, 0.15) is 12.0 Å². The minimum absolute atomic E-state index is 0.694. The van der Waals surface area contributed by atoms with Gasteiger partial charge in [0.15, 0.2) is 0 Å². The van der Waals surface area contributed by atoms with Gasteiger partial charge in [-0.15, -0.1) is 11.3 Å². The second-order valence-corrected chi connectivity index (χ2v) is 5.34. The second-order valence-electron chi connectivity index (χ2n) is 4.44. The molecule has 0 fully saturated rings. The monoisotopic (exact) mass is 272 g/mol. The molecule has 0 unspecified atom stereocenters. The Kier molecular flexibility index (Phi) is 3.91. The highest BCUT2D eigenvalue weighted by Gasteiger charge is 2.02. The average Bonchev–Trinajstić information content (AvgIpc) is 3.04. The van der Waals surface area contributed by atoms with Crippen LogP contribution in [0, 0.1) is 0 Å². The van der Waals surface area contributed by atoms with E-state index >= 15 is 0 Å². The number of hydrogen-bond donors (Lipinski definition) is 0. The van der Waals surface area contributed by atoms with Gasteiger partial charge >= 0.3 is 0 Å². The lowest BCUT2D eigenvalue weighted by Gasteiger charge is -2.05. The predicted octanol–water partition coefficient (Wildman–Crippen LogP) is 3.70. The van der Waals surface area contributed by atoms with Crippen LogP contribution in [0.4, 0.5) is 0 Å². The SMILES string of the molecule is c1ccc(COCCCn2cnc3ccsc32)cc1. The smallest absolute Gasteiger partial charge is 0.122 e. The number of thiophene rings is 1. The molecule has 0 bridgehead atoms. The summed E-state index contributed by atoms with van der Waals surface area (Å²) >= 11 is 1.74. The van der Waals surface area contributed by atoms with Crippen LogP contribution in [0.25, 0.3) is 10.3 Å². The lowest BCUT2D eigenvalue weighted by atomic mass is 10.2. The standard InChI is InChI=1S/C15H16N2OS/c1-2-5-13(6-3-1)11-18-9-4-8-17-12-16-14-7-10-19-15(14)17/h1-3,5-7,10,12H,4,8-9,11H2. The Hall–Kier alpha value is -1.65. The number of aryl methyl sites for hydroxylation is 1. The van der Waals surface area contributed by atoms with Crippen molar-refractivity contribution in [1.82, 2.24) is 9.55 Å². The van der Waals surface area contributed by atoms with E-state index in [0.717, 1.165) is 25.1 Å². The van der Waals surface area contributed by atoms with Crippen molar-refractivity contribution in [3.8, 4) is 0 Å². The lowest BCUT2D eigenvalue weighted by Crippen LogP contribution is -2.01. The van der Waals surface area contributed by atoms with Gasteiger partial charge in [-0.25, -0.2) is 4.98 Å². The molecule has 1 aromatic carbocycles. The van der Waals surface area contributed by atoms with E-state index in [1.54, 1.807) is 11.3 Å². The van der Waals surface area contributed by atoms with Crippen molar-refractivity contribution in [2.24, 2.45) is 0 Å². The number of imidazole rings is 1. The van der Waals surface area contributed by atoms with Gasteiger partial charge in [0.1, 0.15) is 4.83 Å². The second kappa shape index (κ2) is 5.99. The Morgan fingerprint density at radius 2 is 2.05 bits per heavy atom. The number of hydrogen-bond acceptors (Lipinski definition) is 3. The highest BCUT2D eigenvalue weighted by atomic mass is 32.1. The van der Waals surface area contributed by atoms with Gasteiger partial charge in [-0.2, -0.15) is 0 Å². The van der Waals surface area contributed by atoms with E-state index in [2.05, 4.69) is 33.1 Å². The molecule has 0 saturated carbocycles. The zero-order valence-corrected chi connectivity index (χ0v) is 11.5. The molecule has 0 aliphatic heterocycles. The number of aromatic nitrogens is 2. The Balaban J connectivity index is 1.43. The summed E-state index contributed by atoms with van der Waals surface area (Å²) in [6, 6.07) is 12.3. The van der Waals surface area contributed by atoms with Crippen LogP contribution in [0.3, 0.4) is 0 Å². The van der Waals surface area contributed by atoms with Gasteiger partial charge in [0.2, 0.25) is 0 Å². The molecule has 3 nitrogen and oxygen atoms in total. The van der Waals surface area contributed by atoms with Gasteiger partial charge in [-0.05, 0) is 23.4 Å². The first-order chi connectivity index (χ1) is 9.43. The van der Waals surface area contributed by atoms with Crippen LogP contribution in [0.5, 0.6) is 0 Å². The molecule has 2 heterocycles. The molecule has 0 aliphatic rings. The molecule has 0 N–H and O–H groups in total. The van der Waals surface area contributed by atoms with E-state index < -0.39 is 0 Å². The molecule has 98 valence electrons. The van der Waals surface area contributed by atoms with Crippen LogP contribution in [-0.2, 0) is 17.9 Å². The summed E-state index contributed by atoms with van der Waals surface area (Å²) in [5.41, 5.74) is 2.32. The van der Waals surface area contributed by atoms with Gasteiger partial charge in [-0.1, -0.05) is 30.3 Å². The first-order valence-corrected chi connectivity index (χ1v) is 7.31. The molecule has 0 saturated heterocycles. The quantitative estimate of drug-likeness (QED) is 0.640. The Labute approximate surface area is 116 Å². The molecule has 0 radical (unpaired) electrons. The van der Waals surface area contributed by atoms with Gasteiger partial charge < -0.3 is 9.30 Å². The Morgan fingerprint density at radius 1 is 1.16 bits per heavy atom. The number of nitrogens with zero attached hydrogens (tertiary/aromatic N) is 2. The van der Waals surface area contributed by atoms with Crippen LogP contribution >= 0.6 is 11.3 Å². The number of ether oxygens (including phenoxy) is 1. The van der Waals surface area contributed by atoms with Crippen molar-refractivity contribution >= 4 is 21.7 Å². The number of benzene rings is 1. The van der Waals surface area contributed by atoms with E-state index in [1.165, 1.54) is 10.4 Å². The fourth-order valence-electron chi connectivity index (χ4n) is 2.05. The summed E-state index contributed by atoms with van der Waals surface area (Å²) in [5, 5.41) is 2.08. The fourth-order valence-corrected chi connectivity index (χ4v) is 2.89. The summed E-state index contributed by atoms with van der Waals surface area (Å²) in [6.45, 7) is 2.44. The third kappa shape index (κ3) is 3.03. The molecule has 0 atom stereocenters. The van der Waals surface area contributed by atoms with Crippen LogP contribution < -0.4 is 0 Å². The predicted molar refractivity (Wildman–Crippen MR) is 78.3 cm³/mol. The first-order valence-electron chi connectivity index (χ1n) is 6.43. The third-order valence-electron chi connectivity index (χ3n) is 3.02. The van der Waals surface area contributed by atoms with Gasteiger partial charge in [0, 0.05) is 13.2 Å². The molecule has 0 aliphatic carbocycles. The maximum absolute atomic E-state index is 5.68. The minimum Gasteiger partial charge on any atom is -0.377 e. The van der Waals surface area contributed by atoms with Crippen LogP contribution in [0.15, 0.2) is 48.1 Å². The summed E-state index contributed by atoms with van der Waals surface area (Å²) in [6.07, 6.45) is 2.93. The molecule has 2 aromatic heterocycles. The number of rotatable bonds is 6. The molecule has 0 spiro atoms. The summed E-state index contributed by atoms with van der Waals surface area (Å²) < 4.78 is 7.88. The van der Waals surface area contributed by atoms with Crippen LogP contribution in [0.2, 0.25) is 0 Å². The van der Waals surface area contributed by atoms with Crippen molar-refractivity contribution in [2.45, 2.75) is 19.6 Å². The third-order valence-corrected chi connectivity index (χ3v) is 3.96. The minimum atomic E-state index is 0.694. The van der Waals surface area contributed by atoms with E-state index in [-0.39, 0.29) is 0 Å². The summed E-state index contributed by atoms with van der Waals surface area (Å²) in [5.74, 6) is 0. The fraction of sp³-hybridized carbons (Fsp3) is 0.267. The van der Waals surface area contributed by atoms with Crippen molar-refractivity contribution < 1.29 is 4.74 Å². The van der Waals surface area contributed by atoms with Crippen LogP contribution in [-0.4, -0.2) is 16.2 Å². The van der Waals surface area contributed by atoms with E-state index in [0.29, 0.717) is 6.61 Å². The highest BCUT2D eigenvalue weighted by Crippen LogP contribution is 2.19. The van der Waals surface area contributed by atoms with Gasteiger partial charge in [0.25, 0.3) is 0 Å². The topological polar surface area (TPSA) is 27.1 Å². The number of fused-ring (bicyclic) bond motifs is 1. The molecule has 19 heavy (non-hydrogen) atoms. The normalized spacial score (nSPS) is 11.2. The largest absolute Gasteiger partial charge is 0.377 e. The first kappa shape index (κ1) is 12.4. The molecule has 3 rings (SSSR count). The Morgan fingerprint density at radius 3 is 2.95 bits per heavy atom. The molecule has 3 aromatic rings.